The van der Waals surface area contributed by atoms with E-state index in [9.17, 15) is 0 Å². The summed E-state index contributed by atoms with van der Waals surface area (Å²) in [6.45, 7) is 5.04. The quantitative estimate of drug-likeness (QED) is 0.764. The lowest BCUT2D eigenvalue weighted by Gasteiger charge is -2.11. The van der Waals surface area contributed by atoms with Crippen molar-refractivity contribution in [2.45, 2.75) is 33.1 Å². The maximum Gasteiger partial charge on any atom is 0.126 e. The van der Waals surface area contributed by atoms with Crippen molar-refractivity contribution in [3.05, 3.63) is 35.4 Å². The highest BCUT2D eigenvalue weighted by Gasteiger charge is 2.05. The van der Waals surface area contributed by atoms with Gasteiger partial charge in [0, 0.05) is 5.56 Å². The molecule has 1 aromatic carbocycles. The SMILES string of the molecule is CCc1ccc(OC)c(/C(C)=C/CCCN)c1. The minimum absolute atomic E-state index is 0.746. The number of ether oxygens (including phenoxy) is 1. The molecule has 0 spiro atoms. The van der Waals surface area contributed by atoms with Gasteiger partial charge in [-0.25, -0.2) is 0 Å². The Morgan fingerprint density at radius 3 is 2.76 bits per heavy atom. The van der Waals surface area contributed by atoms with Crippen LogP contribution in [0.2, 0.25) is 0 Å². The molecule has 0 saturated carbocycles. The number of allylic oxidation sites excluding steroid dienone is 2. The van der Waals surface area contributed by atoms with Gasteiger partial charge >= 0.3 is 0 Å². The molecule has 0 saturated heterocycles. The van der Waals surface area contributed by atoms with E-state index in [1.807, 2.05) is 0 Å². The van der Waals surface area contributed by atoms with Crippen LogP contribution in [-0.2, 0) is 6.42 Å². The Morgan fingerprint density at radius 1 is 1.41 bits per heavy atom. The molecule has 0 amide bonds. The fourth-order valence-corrected chi connectivity index (χ4v) is 1.83. The summed E-state index contributed by atoms with van der Waals surface area (Å²) in [6.07, 6.45) is 5.35. The zero-order valence-corrected chi connectivity index (χ0v) is 11.1. The molecule has 0 radical (unpaired) electrons. The maximum absolute atomic E-state index is 5.50. The van der Waals surface area contributed by atoms with Gasteiger partial charge < -0.3 is 10.5 Å². The smallest absolute Gasteiger partial charge is 0.126 e. The largest absolute Gasteiger partial charge is 0.496 e. The predicted molar refractivity (Wildman–Crippen MR) is 74.3 cm³/mol. The van der Waals surface area contributed by atoms with Crippen molar-refractivity contribution >= 4 is 5.57 Å². The Hall–Kier alpha value is -1.28. The number of methoxy groups -OCH3 is 1. The summed E-state index contributed by atoms with van der Waals surface area (Å²) in [6, 6.07) is 6.39. The summed E-state index contributed by atoms with van der Waals surface area (Å²) < 4.78 is 5.41. The Bertz CT molecular complexity index is 383. The monoisotopic (exact) mass is 233 g/mol. The van der Waals surface area contributed by atoms with Crippen LogP contribution in [0.3, 0.4) is 0 Å². The highest BCUT2D eigenvalue weighted by atomic mass is 16.5. The number of hydrogen-bond acceptors (Lipinski definition) is 2. The van der Waals surface area contributed by atoms with Crippen molar-refractivity contribution in [1.82, 2.24) is 0 Å². The number of rotatable bonds is 6. The van der Waals surface area contributed by atoms with Crippen LogP contribution in [0.4, 0.5) is 0 Å². The Labute approximate surface area is 104 Å². The average molecular weight is 233 g/mol. The lowest BCUT2D eigenvalue weighted by Crippen LogP contribution is -1.97. The van der Waals surface area contributed by atoms with Gasteiger partial charge in [0.15, 0.2) is 0 Å². The lowest BCUT2D eigenvalue weighted by atomic mass is 10.0. The van der Waals surface area contributed by atoms with Crippen LogP contribution >= 0.6 is 0 Å². The van der Waals surface area contributed by atoms with Gasteiger partial charge in [0.2, 0.25) is 0 Å². The minimum atomic E-state index is 0.746. The third-order valence-corrected chi connectivity index (χ3v) is 2.96. The molecule has 0 atom stereocenters. The van der Waals surface area contributed by atoms with E-state index in [4.69, 9.17) is 10.5 Å². The van der Waals surface area contributed by atoms with Gasteiger partial charge in [-0.1, -0.05) is 19.1 Å². The van der Waals surface area contributed by atoms with Crippen LogP contribution < -0.4 is 10.5 Å². The van der Waals surface area contributed by atoms with E-state index in [2.05, 4.69) is 38.1 Å². The topological polar surface area (TPSA) is 35.2 Å². The molecule has 2 N–H and O–H groups in total. The second-order valence-corrected chi connectivity index (χ2v) is 4.21. The summed E-state index contributed by atoms with van der Waals surface area (Å²) >= 11 is 0. The van der Waals surface area contributed by atoms with Crippen LogP contribution in [0.25, 0.3) is 5.57 Å². The molecule has 0 heterocycles. The first-order chi connectivity index (χ1) is 8.22. The fourth-order valence-electron chi connectivity index (χ4n) is 1.83. The van der Waals surface area contributed by atoms with Gasteiger partial charge in [-0.2, -0.15) is 0 Å². The predicted octanol–water partition coefficient (Wildman–Crippen LogP) is 3.40. The molecular weight excluding hydrogens is 210 g/mol. The summed E-state index contributed by atoms with van der Waals surface area (Å²) in [7, 11) is 1.72. The van der Waals surface area contributed by atoms with Crippen LogP contribution in [0.15, 0.2) is 24.3 Å². The third kappa shape index (κ3) is 3.90. The van der Waals surface area contributed by atoms with Gasteiger partial charge in [-0.3, -0.25) is 0 Å². The fraction of sp³-hybridized carbons (Fsp3) is 0.467. The van der Waals surface area contributed by atoms with E-state index in [-0.39, 0.29) is 0 Å². The highest BCUT2D eigenvalue weighted by molar-refractivity contribution is 5.69. The third-order valence-electron chi connectivity index (χ3n) is 2.96. The molecule has 0 aliphatic carbocycles. The highest BCUT2D eigenvalue weighted by Crippen LogP contribution is 2.27. The standard InChI is InChI=1S/C15H23NO/c1-4-13-8-9-15(17-3)14(11-13)12(2)7-5-6-10-16/h7-9,11H,4-6,10,16H2,1-3H3/b12-7+. The van der Waals surface area contributed by atoms with Gasteiger partial charge in [0.25, 0.3) is 0 Å². The van der Waals surface area contributed by atoms with Crippen molar-refractivity contribution in [3.8, 4) is 5.75 Å². The van der Waals surface area contributed by atoms with Crippen LogP contribution in [-0.4, -0.2) is 13.7 Å². The molecule has 1 rings (SSSR count). The molecule has 1 aromatic rings. The first-order valence-corrected chi connectivity index (χ1v) is 6.27. The normalized spacial score (nSPS) is 11.6. The van der Waals surface area contributed by atoms with Crippen molar-refractivity contribution < 1.29 is 4.74 Å². The molecule has 0 aliphatic heterocycles. The van der Waals surface area contributed by atoms with E-state index in [0.29, 0.717) is 0 Å². The molecule has 0 bridgehead atoms. The molecule has 17 heavy (non-hydrogen) atoms. The van der Waals surface area contributed by atoms with Crippen LogP contribution in [0.1, 0.15) is 37.8 Å². The van der Waals surface area contributed by atoms with Gasteiger partial charge in [-0.15, -0.1) is 0 Å². The van der Waals surface area contributed by atoms with Crippen molar-refractivity contribution in [3.63, 3.8) is 0 Å². The van der Waals surface area contributed by atoms with E-state index in [1.54, 1.807) is 7.11 Å². The van der Waals surface area contributed by atoms with Crippen molar-refractivity contribution in [2.24, 2.45) is 5.73 Å². The number of hydrogen-bond donors (Lipinski definition) is 1. The second kappa shape index (κ2) is 7.13. The van der Waals surface area contributed by atoms with Crippen LogP contribution in [0.5, 0.6) is 5.75 Å². The molecular formula is C15H23NO. The molecule has 0 fully saturated rings. The number of unbranched alkanes of at least 4 members (excludes halogenated alkanes) is 1. The summed E-state index contributed by atoms with van der Waals surface area (Å²) in [5, 5.41) is 0. The van der Waals surface area contributed by atoms with Gasteiger partial charge in [-0.05, 0) is 56.0 Å². The molecule has 0 unspecified atom stereocenters. The number of nitrogens with two attached hydrogens (primary N) is 1. The lowest BCUT2D eigenvalue weighted by molar-refractivity contribution is 0.413. The minimum Gasteiger partial charge on any atom is -0.496 e. The van der Waals surface area contributed by atoms with Crippen molar-refractivity contribution in [1.29, 1.82) is 0 Å². The maximum atomic E-state index is 5.50. The Balaban J connectivity index is 2.96. The molecule has 2 nitrogen and oxygen atoms in total. The second-order valence-electron chi connectivity index (χ2n) is 4.21. The molecule has 2 heteroatoms. The Kier molecular flexibility index (Phi) is 5.78. The summed E-state index contributed by atoms with van der Waals surface area (Å²) in [5.41, 5.74) is 9.31. The number of aryl methyl sites for hydroxylation is 1. The number of benzene rings is 1. The van der Waals surface area contributed by atoms with Crippen molar-refractivity contribution in [2.75, 3.05) is 13.7 Å². The summed E-state index contributed by atoms with van der Waals surface area (Å²) in [5.74, 6) is 0.948. The Morgan fingerprint density at radius 2 is 2.18 bits per heavy atom. The molecule has 94 valence electrons. The van der Waals surface area contributed by atoms with E-state index >= 15 is 0 Å². The van der Waals surface area contributed by atoms with Gasteiger partial charge in [0.05, 0.1) is 7.11 Å². The zero-order valence-electron chi connectivity index (χ0n) is 11.1. The first kappa shape index (κ1) is 13.8. The average Bonchev–Trinajstić information content (AvgIpc) is 2.38. The van der Waals surface area contributed by atoms with E-state index in [1.165, 1.54) is 16.7 Å². The molecule has 0 aliphatic rings. The zero-order chi connectivity index (χ0) is 12.7. The van der Waals surface area contributed by atoms with Crippen LogP contribution in [0, 0.1) is 0 Å². The van der Waals surface area contributed by atoms with Gasteiger partial charge in [0.1, 0.15) is 5.75 Å². The summed E-state index contributed by atoms with van der Waals surface area (Å²) in [4.78, 5) is 0. The van der Waals surface area contributed by atoms with E-state index in [0.717, 1.165) is 31.6 Å². The first-order valence-electron chi connectivity index (χ1n) is 6.27. The molecule has 0 aromatic heterocycles. The van der Waals surface area contributed by atoms with E-state index < -0.39 is 0 Å².